The van der Waals surface area contributed by atoms with Crippen molar-refractivity contribution >= 4 is 23.8 Å². The van der Waals surface area contributed by atoms with Crippen molar-refractivity contribution in [3.8, 4) is 11.5 Å². The minimum Gasteiger partial charge on any atom is -0.507 e. The highest BCUT2D eigenvalue weighted by Crippen LogP contribution is 2.24. The van der Waals surface area contributed by atoms with E-state index in [1.54, 1.807) is 26.0 Å². The molecule has 0 atom stereocenters. The Morgan fingerprint density at radius 2 is 1.59 bits per heavy atom. The van der Waals surface area contributed by atoms with Gasteiger partial charge in [-0.1, -0.05) is 0 Å². The molecule has 0 fully saturated rings. The van der Waals surface area contributed by atoms with Crippen LogP contribution in [0.1, 0.15) is 40.1 Å². The average Bonchev–Trinajstić information content (AvgIpc) is 2.67. The molecule has 27 heavy (non-hydrogen) atoms. The van der Waals surface area contributed by atoms with Crippen molar-refractivity contribution in [2.45, 2.75) is 13.8 Å². The van der Waals surface area contributed by atoms with Gasteiger partial charge in [-0.3, -0.25) is 4.99 Å². The van der Waals surface area contributed by atoms with Crippen molar-refractivity contribution in [3.63, 3.8) is 0 Å². The fourth-order valence-corrected chi connectivity index (χ4v) is 2.26. The third-order valence-corrected chi connectivity index (χ3v) is 3.53. The maximum Gasteiger partial charge on any atom is 0.338 e. The lowest BCUT2D eigenvalue weighted by molar-refractivity contribution is 0.0525. The molecule has 0 aliphatic heterocycles. The van der Waals surface area contributed by atoms with Crippen LogP contribution in [0.4, 0.5) is 5.69 Å². The molecule has 2 rings (SSSR count). The number of hydrogen-bond donors (Lipinski definition) is 1. The van der Waals surface area contributed by atoms with Gasteiger partial charge in [-0.25, -0.2) is 9.59 Å². The predicted octanol–water partition coefficient (Wildman–Crippen LogP) is 3.50. The van der Waals surface area contributed by atoms with E-state index in [-0.39, 0.29) is 30.1 Å². The van der Waals surface area contributed by atoms with Gasteiger partial charge in [0.15, 0.2) is 0 Å². The van der Waals surface area contributed by atoms with Gasteiger partial charge < -0.3 is 19.3 Å². The SMILES string of the molecule is CCOC(=O)c1cc(N=Cc2cc(OC)ccc2O)cc(C(=O)OCC)c1. The summed E-state index contributed by atoms with van der Waals surface area (Å²) in [6, 6.07) is 9.10. The second-order valence-corrected chi connectivity index (χ2v) is 5.39. The minimum atomic E-state index is -0.565. The molecule has 0 radical (unpaired) electrons. The number of methoxy groups -OCH3 is 1. The van der Waals surface area contributed by atoms with E-state index in [9.17, 15) is 14.7 Å². The number of hydrogen-bond acceptors (Lipinski definition) is 7. The van der Waals surface area contributed by atoms with Gasteiger partial charge in [0, 0.05) is 11.8 Å². The number of aliphatic imine (C=N–C) groups is 1. The molecule has 0 bridgehead atoms. The minimum absolute atomic E-state index is 0.0201. The second-order valence-electron chi connectivity index (χ2n) is 5.39. The summed E-state index contributed by atoms with van der Waals surface area (Å²) in [6.45, 7) is 3.80. The normalized spacial score (nSPS) is 10.6. The highest BCUT2D eigenvalue weighted by Gasteiger charge is 2.14. The molecule has 0 saturated carbocycles. The van der Waals surface area contributed by atoms with E-state index in [1.807, 2.05) is 0 Å². The summed E-state index contributed by atoms with van der Waals surface area (Å²) in [5, 5.41) is 9.94. The molecule has 1 N–H and O–H groups in total. The molecule has 0 saturated heterocycles. The summed E-state index contributed by atoms with van der Waals surface area (Å²) in [4.78, 5) is 28.4. The molecule has 0 spiro atoms. The topological polar surface area (TPSA) is 94.4 Å². The van der Waals surface area contributed by atoms with Gasteiger partial charge in [0.2, 0.25) is 0 Å². The van der Waals surface area contributed by atoms with Gasteiger partial charge in [-0.05, 0) is 50.2 Å². The summed E-state index contributed by atoms with van der Waals surface area (Å²) < 4.78 is 15.1. The Balaban J connectivity index is 2.42. The lowest BCUT2D eigenvalue weighted by Gasteiger charge is -2.07. The standard InChI is InChI=1S/C20H21NO6/c1-4-26-19(23)13-8-14(20(24)27-5-2)10-16(9-13)21-12-15-11-17(25-3)6-7-18(15)22/h6-12,22H,4-5H2,1-3H3. The molecule has 142 valence electrons. The van der Waals surface area contributed by atoms with Gasteiger partial charge in [0.05, 0.1) is 37.1 Å². The number of aromatic hydroxyl groups is 1. The Morgan fingerprint density at radius 3 is 2.11 bits per heavy atom. The van der Waals surface area contributed by atoms with Crippen LogP contribution in [-0.2, 0) is 9.47 Å². The number of benzene rings is 2. The molecular weight excluding hydrogens is 350 g/mol. The van der Waals surface area contributed by atoms with Crippen molar-refractivity contribution in [2.75, 3.05) is 20.3 Å². The Hall–Kier alpha value is -3.35. The van der Waals surface area contributed by atoms with Crippen LogP contribution < -0.4 is 4.74 Å². The largest absolute Gasteiger partial charge is 0.507 e. The summed E-state index contributed by atoms with van der Waals surface area (Å²) in [5.74, 6) is -0.554. The number of ether oxygens (including phenoxy) is 3. The molecule has 0 unspecified atom stereocenters. The quantitative estimate of drug-likeness (QED) is 0.591. The third-order valence-electron chi connectivity index (χ3n) is 3.53. The smallest absolute Gasteiger partial charge is 0.338 e. The number of phenolic OH excluding ortho intramolecular Hbond substituents is 1. The first kappa shape index (κ1) is 20.0. The van der Waals surface area contributed by atoms with E-state index in [4.69, 9.17) is 14.2 Å². The zero-order chi connectivity index (χ0) is 19.8. The molecule has 2 aromatic carbocycles. The zero-order valence-corrected chi connectivity index (χ0v) is 15.4. The molecular formula is C20H21NO6. The monoisotopic (exact) mass is 371 g/mol. The first-order valence-electron chi connectivity index (χ1n) is 8.38. The molecule has 0 aromatic heterocycles. The maximum atomic E-state index is 12.1. The Kier molecular flexibility index (Phi) is 6.93. The van der Waals surface area contributed by atoms with Gasteiger partial charge in [-0.2, -0.15) is 0 Å². The van der Waals surface area contributed by atoms with E-state index in [0.717, 1.165) is 0 Å². The Morgan fingerprint density at radius 1 is 1.00 bits per heavy atom. The van der Waals surface area contributed by atoms with Gasteiger partial charge in [0.25, 0.3) is 0 Å². The average molecular weight is 371 g/mol. The van der Waals surface area contributed by atoms with E-state index >= 15 is 0 Å². The van der Waals surface area contributed by atoms with Crippen molar-refractivity contribution < 1.29 is 28.9 Å². The first-order chi connectivity index (χ1) is 13.0. The Bertz CT molecular complexity index is 823. The van der Waals surface area contributed by atoms with Crippen molar-refractivity contribution in [1.29, 1.82) is 0 Å². The molecule has 0 heterocycles. The summed E-state index contributed by atoms with van der Waals surface area (Å²) in [6.07, 6.45) is 1.41. The van der Waals surface area contributed by atoms with E-state index < -0.39 is 11.9 Å². The number of rotatable bonds is 7. The molecule has 7 heteroatoms. The highest BCUT2D eigenvalue weighted by atomic mass is 16.5. The lowest BCUT2D eigenvalue weighted by atomic mass is 10.1. The second kappa shape index (κ2) is 9.38. The van der Waals surface area contributed by atoms with E-state index in [1.165, 1.54) is 37.6 Å². The maximum absolute atomic E-state index is 12.1. The number of nitrogens with zero attached hydrogens (tertiary/aromatic N) is 1. The van der Waals surface area contributed by atoms with Gasteiger partial charge >= 0.3 is 11.9 Å². The van der Waals surface area contributed by atoms with Crippen LogP contribution >= 0.6 is 0 Å². The van der Waals surface area contributed by atoms with Crippen molar-refractivity contribution in [3.05, 3.63) is 53.1 Å². The lowest BCUT2D eigenvalue weighted by Crippen LogP contribution is -2.09. The van der Waals surface area contributed by atoms with Crippen molar-refractivity contribution in [1.82, 2.24) is 0 Å². The number of esters is 2. The van der Waals surface area contributed by atoms with Gasteiger partial charge in [-0.15, -0.1) is 0 Å². The zero-order valence-electron chi connectivity index (χ0n) is 15.4. The van der Waals surface area contributed by atoms with Gasteiger partial charge in [0.1, 0.15) is 11.5 Å². The molecule has 0 aliphatic carbocycles. The van der Waals surface area contributed by atoms with Crippen LogP contribution in [0.5, 0.6) is 11.5 Å². The van der Waals surface area contributed by atoms with Crippen LogP contribution in [-0.4, -0.2) is 43.6 Å². The van der Waals surface area contributed by atoms with Crippen LogP contribution in [0, 0.1) is 0 Å². The molecule has 0 aliphatic rings. The number of carbonyl (C=O) groups is 2. The fourth-order valence-electron chi connectivity index (χ4n) is 2.26. The summed E-state index contributed by atoms with van der Waals surface area (Å²) in [5.41, 5.74) is 1.13. The number of carbonyl (C=O) groups excluding carboxylic acids is 2. The highest BCUT2D eigenvalue weighted by molar-refractivity contribution is 5.97. The van der Waals surface area contributed by atoms with Crippen LogP contribution in [0.2, 0.25) is 0 Å². The Labute approximate surface area is 157 Å². The molecule has 0 amide bonds. The van der Waals surface area contributed by atoms with Crippen LogP contribution in [0.3, 0.4) is 0 Å². The van der Waals surface area contributed by atoms with Crippen molar-refractivity contribution in [2.24, 2.45) is 4.99 Å². The van der Waals surface area contributed by atoms with Crippen LogP contribution in [0.15, 0.2) is 41.4 Å². The van der Waals surface area contributed by atoms with Crippen LogP contribution in [0.25, 0.3) is 0 Å². The summed E-state index contributed by atoms with van der Waals surface area (Å²) in [7, 11) is 1.52. The fraction of sp³-hybridized carbons (Fsp3) is 0.250. The molecule has 7 nitrogen and oxygen atoms in total. The third kappa shape index (κ3) is 5.31. The first-order valence-corrected chi connectivity index (χ1v) is 8.38. The molecule has 2 aromatic rings. The summed E-state index contributed by atoms with van der Waals surface area (Å²) >= 11 is 0. The van der Waals surface area contributed by atoms with E-state index in [2.05, 4.69) is 4.99 Å². The number of phenols is 1. The predicted molar refractivity (Wildman–Crippen MR) is 100 cm³/mol. The van der Waals surface area contributed by atoms with E-state index in [0.29, 0.717) is 17.0 Å².